The van der Waals surface area contributed by atoms with E-state index in [1.807, 2.05) is 30.3 Å². The lowest BCUT2D eigenvalue weighted by Gasteiger charge is -2.26. The van der Waals surface area contributed by atoms with Crippen molar-refractivity contribution in [2.75, 3.05) is 27.9 Å². The molecule has 0 aliphatic carbocycles. The standard InChI is InChI=1S/C18H23NO6/c1-5-25-18(22)15-13(17(21)24-4)12(16(20)23-3)14(19(15)2)11-9-7-6-8-10-11/h6-10,12-15H,5H2,1-4H3/t12-,13-,14+,15+/m1/s1. The van der Waals surface area contributed by atoms with Gasteiger partial charge in [-0.3, -0.25) is 19.3 Å². The molecular formula is C18H23NO6. The highest BCUT2D eigenvalue weighted by Gasteiger charge is 2.58. The molecule has 0 aromatic heterocycles. The average Bonchev–Trinajstić information content (AvgIpc) is 2.94. The predicted molar refractivity (Wildman–Crippen MR) is 88.4 cm³/mol. The van der Waals surface area contributed by atoms with Crippen molar-refractivity contribution in [1.82, 2.24) is 4.90 Å². The van der Waals surface area contributed by atoms with Gasteiger partial charge in [0, 0.05) is 6.04 Å². The average molecular weight is 349 g/mol. The summed E-state index contributed by atoms with van der Waals surface area (Å²) in [5, 5.41) is 0. The van der Waals surface area contributed by atoms with Crippen LogP contribution < -0.4 is 0 Å². The zero-order chi connectivity index (χ0) is 18.6. The topological polar surface area (TPSA) is 82.1 Å². The molecule has 0 radical (unpaired) electrons. The van der Waals surface area contributed by atoms with Crippen molar-refractivity contribution in [2.24, 2.45) is 11.8 Å². The molecule has 4 atom stereocenters. The van der Waals surface area contributed by atoms with Crippen LogP contribution in [0, 0.1) is 11.8 Å². The van der Waals surface area contributed by atoms with Crippen LogP contribution in [0.5, 0.6) is 0 Å². The fourth-order valence-corrected chi connectivity index (χ4v) is 3.53. The Bertz CT molecular complexity index is 632. The van der Waals surface area contributed by atoms with E-state index in [9.17, 15) is 14.4 Å². The van der Waals surface area contributed by atoms with Gasteiger partial charge in [0.1, 0.15) is 6.04 Å². The first-order valence-corrected chi connectivity index (χ1v) is 8.07. The molecule has 2 rings (SSSR count). The summed E-state index contributed by atoms with van der Waals surface area (Å²) in [7, 11) is 4.18. The zero-order valence-electron chi connectivity index (χ0n) is 14.8. The van der Waals surface area contributed by atoms with E-state index in [-0.39, 0.29) is 6.61 Å². The number of hydrogen-bond donors (Lipinski definition) is 0. The summed E-state index contributed by atoms with van der Waals surface area (Å²) in [6.45, 7) is 1.86. The summed E-state index contributed by atoms with van der Waals surface area (Å²) < 4.78 is 14.9. The lowest BCUT2D eigenvalue weighted by Crippen LogP contribution is -2.43. The van der Waals surface area contributed by atoms with E-state index in [4.69, 9.17) is 14.2 Å². The monoisotopic (exact) mass is 349 g/mol. The first kappa shape index (κ1) is 18.9. The number of methoxy groups -OCH3 is 2. The summed E-state index contributed by atoms with van der Waals surface area (Å²) in [6.07, 6.45) is 0. The molecule has 1 aromatic rings. The third-order valence-corrected chi connectivity index (χ3v) is 4.56. The van der Waals surface area contributed by atoms with Gasteiger partial charge in [0.15, 0.2) is 0 Å². The summed E-state index contributed by atoms with van der Waals surface area (Å²) >= 11 is 0. The Labute approximate surface area is 146 Å². The van der Waals surface area contributed by atoms with Gasteiger partial charge in [0.25, 0.3) is 0 Å². The van der Waals surface area contributed by atoms with Gasteiger partial charge in [-0.25, -0.2) is 0 Å². The molecule has 0 bridgehead atoms. The molecule has 0 amide bonds. The molecule has 25 heavy (non-hydrogen) atoms. The Morgan fingerprint density at radius 3 is 2.04 bits per heavy atom. The number of ether oxygens (including phenoxy) is 3. The first-order valence-electron chi connectivity index (χ1n) is 8.07. The minimum atomic E-state index is -1.01. The van der Waals surface area contributed by atoms with Gasteiger partial charge in [-0.05, 0) is 19.5 Å². The van der Waals surface area contributed by atoms with E-state index in [1.54, 1.807) is 18.9 Å². The van der Waals surface area contributed by atoms with E-state index < -0.39 is 41.8 Å². The summed E-state index contributed by atoms with van der Waals surface area (Å²) in [5.41, 5.74) is 0.807. The van der Waals surface area contributed by atoms with Crippen LogP contribution >= 0.6 is 0 Å². The first-order chi connectivity index (χ1) is 12.0. The number of esters is 3. The van der Waals surface area contributed by atoms with Gasteiger partial charge < -0.3 is 14.2 Å². The van der Waals surface area contributed by atoms with E-state index in [2.05, 4.69) is 0 Å². The Balaban J connectivity index is 2.56. The third kappa shape index (κ3) is 3.51. The van der Waals surface area contributed by atoms with E-state index >= 15 is 0 Å². The molecule has 7 nitrogen and oxygen atoms in total. The quantitative estimate of drug-likeness (QED) is 0.583. The highest BCUT2D eigenvalue weighted by atomic mass is 16.5. The fourth-order valence-electron chi connectivity index (χ4n) is 3.53. The summed E-state index contributed by atoms with van der Waals surface area (Å²) in [4.78, 5) is 39.1. The maximum atomic E-state index is 12.5. The number of carbonyl (C=O) groups is 3. The highest BCUT2D eigenvalue weighted by Crippen LogP contribution is 2.45. The second-order valence-corrected chi connectivity index (χ2v) is 5.82. The van der Waals surface area contributed by atoms with Gasteiger partial charge in [-0.1, -0.05) is 30.3 Å². The normalized spacial score (nSPS) is 26.1. The van der Waals surface area contributed by atoms with Crippen LogP contribution in [-0.2, 0) is 28.6 Å². The number of nitrogens with zero attached hydrogens (tertiary/aromatic N) is 1. The summed E-state index contributed by atoms with van der Waals surface area (Å²) in [5.74, 6) is -3.65. The number of benzene rings is 1. The fraction of sp³-hybridized carbons (Fsp3) is 0.500. The van der Waals surface area contributed by atoms with E-state index in [0.29, 0.717) is 0 Å². The van der Waals surface area contributed by atoms with Crippen molar-refractivity contribution in [3.05, 3.63) is 35.9 Å². The van der Waals surface area contributed by atoms with Crippen molar-refractivity contribution in [3.8, 4) is 0 Å². The van der Waals surface area contributed by atoms with Crippen molar-refractivity contribution in [2.45, 2.75) is 19.0 Å². The Morgan fingerprint density at radius 2 is 1.52 bits per heavy atom. The molecule has 0 saturated carbocycles. The van der Waals surface area contributed by atoms with Crippen molar-refractivity contribution in [3.63, 3.8) is 0 Å². The van der Waals surface area contributed by atoms with Crippen LogP contribution in [0.2, 0.25) is 0 Å². The van der Waals surface area contributed by atoms with Crippen LogP contribution in [0.25, 0.3) is 0 Å². The number of likely N-dealkylation sites (N-methyl/N-ethyl adjacent to an activating group) is 1. The molecule has 1 aliphatic heterocycles. The Morgan fingerprint density at radius 1 is 0.960 bits per heavy atom. The van der Waals surface area contributed by atoms with Crippen molar-refractivity contribution in [1.29, 1.82) is 0 Å². The second kappa shape index (κ2) is 8.11. The third-order valence-electron chi connectivity index (χ3n) is 4.56. The van der Waals surface area contributed by atoms with E-state index in [0.717, 1.165) is 5.56 Å². The molecule has 1 saturated heterocycles. The number of carbonyl (C=O) groups excluding carboxylic acids is 3. The smallest absolute Gasteiger partial charge is 0.324 e. The maximum Gasteiger partial charge on any atom is 0.324 e. The molecule has 0 N–H and O–H groups in total. The molecular weight excluding hydrogens is 326 g/mol. The molecule has 1 aliphatic rings. The van der Waals surface area contributed by atoms with Gasteiger partial charge in [0.05, 0.1) is 32.7 Å². The van der Waals surface area contributed by atoms with E-state index in [1.165, 1.54) is 14.2 Å². The summed E-state index contributed by atoms with van der Waals surface area (Å²) in [6, 6.07) is 7.78. The number of likely N-dealkylation sites (tertiary alicyclic amines) is 1. The minimum absolute atomic E-state index is 0.177. The van der Waals surface area contributed by atoms with Crippen molar-refractivity contribution >= 4 is 17.9 Å². The molecule has 1 heterocycles. The SMILES string of the molecule is CCOC(=O)[C@@H]1[C@H](C(=O)OC)[C@@H](C(=O)OC)[C@H](c2ccccc2)N1C. The molecule has 1 fully saturated rings. The molecule has 1 aromatic carbocycles. The molecule has 136 valence electrons. The molecule has 0 spiro atoms. The van der Waals surface area contributed by atoms with Gasteiger partial charge in [-0.15, -0.1) is 0 Å². The minimum Gasteiger partial charge on any atom is -0.469 e. The number of hydrogen-bond acceptors (Lipinski definition) is 7. The highest BCUT2D eigenvalue weighted by molar-refractivity contribution is 5.91. The Kier molecular flexibility index (Phi) is 6.14. The molecule has 7 heteroatoms. The van der Waals surface area contributed by atoms with Crippen LogP contribution in [0.1, 0.15) is 18.5 Å². The maximum absolute atomic E-state index is 12.5. The molecule has 0 unspecified atom stereocenters. The largest absolute Gasteiger partial charge is 0.469 e. The van der Waals surface area contributed by atoms with Gasteiger partial charge in [-0.2, -0.15) is 0 Å². The van der Waals surface area contributed by atoms with Crippen LogP contribution in [0.3, 0.4) is 0 Å². The van der Waals surface area contributed by atoms with Gasteiger partial charge >= 0.3 is 17.9 Å². The number of rotatable bonds is 5. The Hall–Kier alpha value is -2.41. The van der Waals surface area contributed by atoms with Crippen molar-refractivity contribution < 1.29 is 28.6 Å². The zero-order valence-corrected chi connectivity index (χ0v) is 14.8. The van der Waals surface area contributed by atoms with Crippen LogP contribution in [0.15, 0.2) is 30.3 Å². The predicted octanol–water partition coefficient (Wildman–Crippen LogP) is 1.18. The second-order valence-electron chi connectivity index (χ2n) is 5.82. The van der Waals surface area contributed by atoms with Gasteiger partial charge in [0.2, 0.25) is 0 Å². The van der Waals surface area contributed by atoms with Crippen LogP contribution in [0.4, 0.5) is 0 Å². The van der Waals surface area contributed by atoms with Crippen LogP contribution in [-0.4, -0.2) is 56.7 Å². The lowest BCUT2D eigenvalue weighted by atomic mass is 9.84. The lowest BCUT2D eigenvalue weighted by molar-refractivity contribution is -0.161.